The van der Waals surface area contributed by atoms with Crippen LogP contribution in [-0.2, 0) is 21.0 Å². The van der Waals surface area contributed by atoms with Crippen LogP contribution in [0.1, 0.15) is 24.5 Å². The Kier molecular flexibility index (Phi) is 5.11. The maximum atomic E-state index is 12.7. The van der Waals surface area contributed by atoms with E-state index >= 15 is 0 Å². The van der Waals surface area contributed by atoms with Crippen LogP contribution in [-0.4, -0.2) is 36.9 Å². The molecule has 2 atom stereocenters. The fourth-order valence-electron chi connectivity index (χ4n) is 2.84. The number of carboxylic acid groups (broad SMARTS) is 1. The molecule has 136 valence electrons. The van der Waals surface area contributed by atoms with Crippen molar-refractivity contribution < 1.29 is 31.5 Å². The zero-order chi connectivity index (χ0) is 19.0. The molecule has 0 spiro atoms. The summed E-state index contributed by atoms with van der Waals surface area (Å²) in [5.41, 5.74) is -1.75. The molecule has 1 aromatic rings. The van der Waals surface area contributed by atoms with E-state index in [0.717, 1.165) is 10.4 Å². The molecule has 0 aromatic heterocycles. The van der Waals surface area contributed by atoms with E-state index in [0.29, 0.717) is 18.6 Å². The third-order valence-corrected chi connectivity index (χ3v) is 5.91. The van der Waals surface area contributed by atoms with Gasteiger partial charge in [0.1, 0.15) is 6.07 Å². The summed E-state index contributed by atoms with van der Waals surface area (Å²) < 4.78 is 64.6. The third-order valence-electron chi connectivity index (χ3n) is 4.02. The Morgan fingerprint density at radius 3 is 2.52 bits per heavy atom. The van der Waals surface area contributed by atoms with Gasteiger partial charge >= 0.3 is 12.1 Å². The molecule has 0 aliphatic carbocycles. The maximum Gasteiger partial charge on any atom is 0.416 e. The third kappa shape index (κ3) is 3.93. The number of nitriles is 1. The van der Waals surface area contributed by atoms with Gasteiger partial charge in [-0.05, 0) is 30.5 Å². The van der Waals surface area contributed by atoms with Gasteiger partial charge in [0.05, 0.1) is 21.9 Å². The Balaban J connectivity index is 2.46. The number of carbonyl (C=O) groups is 1. The summed E-state index contributed by atoms with van der Waals surface area (Å²) >= 11 is 0. The first-order valence-corrected chi connectivity index (χ1v) is 8.75. The maximum absolute atomic E-state index is 12.7. The first-order chi connectivity index (χ1) is 11.5. The molecule has 0 saturated carbocycles. The lowest BCUT2D eigenvalue weighted by molar-refractivity contribution is -0.143. The molecule has 2 unspecified atom stereocenters. The van der Waals surface area contributed by atoms with Gasteiger partial charge in [0.25, 0.3) is 0 Å². The van der Waals surface area contributed by atoms with Crippen molar-refractivity contribution in [3.63, 3.8) is 0 Å². The minimum absolute atomic E-state index is 0.0397. The van der Waals surface area contributed by atoms with Gasteiger partial charge in [0.15, 0.2) is 0 Å². The topological polar surface area (TPSA) is 98.5 Å². The Morgan fingerprint density at radius 2 is 2.00 bits per heavy atom. The highest BCUT2D eigenvalue weighted by Crippen LogP contribution is 2.33. The second kappa shape index (κ2) is 6.65. The fraction of sp³-hybridized carbons (Fsp3) is 0.467. The predicted molar refractivity (Wildman–Crippen MR) is 79.8 cm³/mol. The van der Waals surface area contributed by atoms with Crippen molar-refractivity contribution >= 4 is 16.0 Å². The molecule has 0 amide bonds. The number of piperidine rings is 1. The molecule has 1 aliphatic heterocycles. The van der Waals surface area contributed by atoms with Crippen molar-refractivity contribution in [2.75, 3.05) is 13.1 Å². The fourth-order valence-corrected chi connectivity index (χ4v) is 4.56. The van der Waals surface area contributed by atoms with E-state index < -0.39 is 44.1 Å². The Bertz CT molecular complexity index is 830. The predicted octanol–water partition coefficient (Wildman–Crippen LogP) is 2.31. The zero-order valence-corrected chi connectivity index (χ0v) is 13.9. The van der Waals surface area contributed by atoms with Crippen molar-refractivity contribution in [2.24, 2.45) is 11.8 Å². The number of benzene rings is 1. The standard InChI is InChI=1S/C15H15F3N2O4S/c1-9-4-11(14(21)22)8-20(7-9)25(23,24)13-3-2-12(15(16,17)18)5-10(13)6-19/h2-3,5,9,11H,4,7-8H2,1H3,(H,21,22). The van der Waals surface area contributed by atoms with Crippen LogP contribution in [0.15, 0.2) is 23.1 Å². The number of nitrogens with zero attached hydrogens (tertiary/aromatic N) is 2. The Morgan fingerprint density at radius 1 is 1.36 bits per heavy atom. The van der Waals surface area contributed by atoms with Crippen LogP contribution in [0.3, 0.4) is 0 Å². The number of halogens is 3. The lowest BCUT2D eigenvalue weighted by Gasteiger charge is -2.33. The molecule has 1 N–H and O–H groups in total. The van der Waals surface area contributed by atoms with Crippen LogP contribution in [0.25, 0.3) is 0 Å². The van der Waals surface area contributed by atoms with Crippen molar-refractivity contribution in [2.45, 2.75) is 24.4 Å². The van der Waals surface area contributed by atoms with Crippen LogP contribution in [0.5, 0.6) is 0 Å². The van der Waals surface area contributed by atoms with Gasteiger partial charge in [-0.3, -0.25) is 4.79 Å². The van der Waals surface area contributed by atoms with Crippen molar-refractivity contribution in [3.05, 3.63) is 29.3 Å². The van der Waals surface area contributed by atoms with Gasteiger partial charge < -0.3 is 5.11 Å². The summed E-state index contributed by atoms with van der Waals surface area (Å²) in [6, 6.07) is 3.29. The Hall–Kier alpha value is -2.12. The molecule has 6 nitrogen and oxygen atoms in total. The van der Waals surface area contributed by atoms with E-state index in [9.17, 15) is 26.4 Å². The molecule has 2 rings (SSSR count). The molecule has 25 heavy (non-hydrogen) atoms. The van der Waals surface area contributed by atoms with E-state index in [1.165, 1.54) is 6.07 Å². The molecular formula is C15H15F3N2O4S. The molecule has 0 radical (unpaired) electrons. The van der Waals surface area contributed by atoms with Crippen molar-refractivity contribution in [3.8, 4) is 6.07 Å². The van der Waals surface area contributed by atoms with Crippen LogP contribution in [0, 0.1) is 23.2 Å². The molecule has 1 aliphatic rings. The van der Waals surface area contributed by atoms with Gasteiger partial charge in [0, 0.05) is 13.1 Å². The van der Waals surface area contributed by atoms with Gasteiger partial charge in [-0.1, -0.05) is 6.92 Å². The van der Waals surface area contributed by atoms with Crippen LogP contribution >= 0.6 is 0 Å². The molecule has 1 fully saturated rings. The van der Waals surface area contributed by atoms with E-state index in [4.69, 9.17) is 10.4 Å². The summed E-state index contributed by atoms with van der Waals surface area (Å²) in [5.74, 6) is -2.28. The van der Waals surface area contributed by atoms with Gasteiger partial charge in [0.2, 0.25) is 10.0 Å². The number of sulfonamides is 1. The largest absolute Gasteiger partial charge is 0.481 e. The highest BCUT2D eigenvalue weighted by molar-refractivity contribution is 7.89. The molecule has 1 heterocycles. The normalized spacial score (nSPS) is 22.4. The number of carboxylic acids is 1. The lowest BCUT2D eigenvalue weighted by atomic mass is 9.92. The number of aliphatic carboxylic acids is 1. The molecule has 1 aromatic carbocycles. The number of rotatable bonds is 3. The van der Waals surface area contributed by atoms with Gasteiger partial charge in [-0.2, -0.15) is 22.7 Å². The smallest absolute Gasteiger partial charge is 0.416 e. The minimum Gasteiger partial charge on any atom is -0.481 e. The van der Waals surface area contributed by atoms with Gasteiger partial charge in [-0.25, -0.2) is 8.42 Å². The molecular weight excluding hydrogens is 361 g/mol. The highest BCUT2D eigenvalue weighted by atomic mass is 32.2. The number of alkyl halides is 3. The quantitative estimate of drug-likeness (QED) is 0.873. The summed E-state index contributed by atoms with van der Waals surface area (Å²) in [7, 11) is -4.29. The monoisotopic (exact) mass is 376 g/mol. The van der Waals surface area contributed by atoms with Gasteiger partial charge in [-0.15, -0.1) is 0 Å². The van der Waals surface area contributed by atoms with E-state index in [-0.39, 0.29) is 19.0 Å². The first-order valence-electron chi connectivity index (χ1n) is 7.31. The first kappa shape index (κ1) is 19.2. The van der Waals surface area contributed by atoms with E-state index in [1.54, 1.807) is 6.92 Å². The summed E-state index contributed by atoms with van der Waals surface area (Å²) in [6.45, 7) is 1.45. The molecule has 10 heteroatoms. The van der Waals surface area contributed by atoms with Crippen LogP contribution in [0.4, 0.5) is 13.2 Å². The highest BCUT2D eigenvalue weighted by Gasteiger charge is 2.38. The Labute approximate surface area is 142 Å². The summed E-state index contributed by atoms with van der Waals surface area (Å²) in [4.78, 5) is 10.6. The van der Waals surface area contributed by atoms with Crippen molar-refractivity contribution in [1.29, 1.82) is 5.26 Å². The van der Waals surface area contributed by atoms with E-state index in [1.807, 2.05) is 0 Å². The average molecular weight is 376 g/mol. The van der Waals surface area contributed by atoms with Crippen LogP contribution < -0.4 is 0 Å². The summed E-state index contributed by atoms with van der Waals surface area (Å²) in [5, 5.41) is 18.2. The molecule has 1 saturated heterocycles. The second-order valence-electron chi connectivity index (χ2n) is 6.02. The molecule has 0 bridgehead atoms. The van der Waals surface area contributed by atoms with Crippen molar-refractivity contribution in [1.82, 2.24) is 4.31 Å². The lowest BCUT2D eigenvalue weighted by Crippen LogP contribution is -2.45. The summed E-state index contributed by atoms with van der Waals surface area (Å²) in [6.07, 6.45) is -4.40. The average Bonchev–Trinajstić information content (AvgIpc) is 2.52. The van der Waals surface area contributed by atoms with E-state index in [2.05, 4.69) is 0 Å². The minimum atomic E-state index is -4.71. The zero-order valence-electron chi connectivity index (χ0n) is 13.1. The second-order valence-corrected chi connectivity index (χ2v) is 7.92. The number of hydrogen-bond donors (Lipinski definition) is 1. The number of hydrogen-bond acceptors (Lipinski definition) is 4. The SMILES string of the molecule is CC1CC(C(=O)O)CN(S(=O)(=O)c2ccc(C(F)(F)F)cc2C#N)C1. The van der Waals surface area contributed by atoms with Crippen LogP contribution in [0.2, 0.25) is 0 Å².